The minimum atomic E-state index is -1.39. The van der Waals surface area contributed by atoms with Crippen LogP contribution in [0.2, 0.25) is 0 Å². The monoisotopic (exact) mass is 492 g/mol. The Morgan fingerprint density at radius 1 is 0.800 bits per heavy atom. The van der Waals surface area contributed by atoms with Crippen LogP contribution in [0, 0.1) is 0 Å². The van der Waals surface area contributed by atoms with Crippen molar-refractivity contribution in [3.05, 3.63) is 80.5 Å². The van der Waals surface area contributed by atoms with Crippen molar-refractivity contribution in [2.45, 2.75) is 6.10 Å². The second-order valence-electron chi connectivity index (χ2n) is 7.09. The van der Waals surface area contributed by atoms with Crippen LogP contribution in [0.5, 0.6) is 11.5 Å². The molecule has 0 saturated carbocycles. The Hall–Kier alpha value is -3.64. The van der Waals surface area contributed by atoms with Gasteiger partial charge in [0.2, 0.25) is 11.5 Å². The number of hydrogen-bond acceptors (Lipinski definition) is 9. The molecule has 0 amide bonds. The predicted molar refractivity (Wildman–Crippen MR) is 117 cm³/mol. The molecule has 176 valence electrons. The molecule has 2 aromatic heterocycles. The summed E-state index contributed by atoms with van der Waals surface area (Å²) in [6.45, 7) is -0.608. The quantitative estimate of drug-likeness (QED) is 0.264. The number of aliphatic hydroxyl groups is 1. The van der Waals surface area contributed by atoms with Crippen molar-refractivity contribution in [3.63, 3.8) is 0 Å². The van der Waals surface area contributed by atoms with Gasteiger partial charge in [-0.05, 0) is 24.3 Å². The predicted octanol–water partition coefficient (Wildman–Crippen LogP) is -0.769. The molecule has 4 rings (SSSR count). The molecule has 2 heterocycles. The number of ether oxygens (including phenoxy) is 2. The van der Waals surface area contributed by atoms with Crippen LogP contribution in [0.1, 0.15) is 22.5 Å². The van der Waals surface area contributed by atoms with Crippen molar-refractivity contribution in [1.29, 1.82) is 0 Å². The molecular formula is C23H17NaO11. The van der Waals surface area contributed by atoms with Gasteiger partial charge in [-0.1, -0.05) is 12.1 Å². The third-order valence-electron chi connectivity index (χ3n) is 4.72. The van der Waals surface area contributed by atoms with Crippen LogP contribution in [-0.4, -0.2) is 46.6 Å². The number of hydrogen-bond donors (Lipinski definition) is 3. The van der Waals surface area contributed by atoms with Crippen molar-refractivity contribution >= 4 is 33.9 Å². The molecule has 0 unspecified atom stereocenters. The van der Waals surface area contributed by atoms with Crippen molar-refractivity contribution < 1.29 is 74.2 Å². The van der Waals surface area contributed by atoms with Gasteiger partial charge >= 0.3 is 41.5 Å². The van der Waals surface area contributed by atoms with E-state index in [1.54, 1.807) is 0 Å². The Balaban J connectivity index is 0.00000228. The molecule has 0 aliphatic heterocycles. The number of rotatable bonds is 8. The standard InChI is InChI=1S/C23H16O11.Na.H/c24-11(9-31-14-3-1-5-16-20(14)12(25)7-18(33-16)22(27)28)10-32-15-4-2-6-17-21(15)13(26)8-19(34-17)23(29)30;;/h1-8,11,24H,9-10H2,(H,27,28)(H,29,30);;/q;+1;-1. The van der Waals surface area contributed by atoms with Gasteiger partial charge in [0.05, 0.1) is 0 Å². The Kier molecular flexibility index (Phi) is 7.97. The molecule has 0 atom stereocenters. The fraction of sp³-hybridized carbons (Fsp3) is 0.130. The molecule has 3 N–H and O–H groups in total. The average molecular weight is 492 g/mol. The number of carboxylic acids is 2. The number of fused-ring (bicyclic) bond motifs is 2. The van der Waals surface area contributed by atoms with Gasteiger partial charge in [-0.25, -0.2) is 9.59 Å². The van der Waals surface area contributed by atoms with Crippen LogP contribution in [0.4, 0.5) is 0 Å². The van der Waals surface area contributed by atoms with E-state index in [0.29, 0.717) is 0 Å². The van der Waals surface area contributed by atoms with Crippen LogP contribution in [0.15, 0.2) is 67.0 Å². The summed E-state index contributed by atoms with van der Waals surface area (Å²) in [7, 11) is 0. The Labute approximate surface area is 218 Å². The van der Waals surface area contributed by atoms with Crippen molar-refractivity contribution in [3.8, 4) is 11.5 Å². The molecule has 0 aliphatic carbocycles. The smallest absolute Gasteiger partial charge is 1.00 e. The van der Waals surface area contributed by atoms with Gasteiger partial charge in [-0.15, -0.1) is 0 Å². The maximum absolute atomic E-state index is 12.3. The van der Waals surface area contributed by atoms with Crippen molar-refractivity contribution in [2.24, 2.45) is 0 Å². The van der Waals surface area contributed by atoms with Gasteiger partial charge in [-0.2, -0.15) is 0 Å². The fourth-order valence-electron chi connectivity index (χ4n) is 3.23. The van der Waals surface area contributed by atoms with E-state index < -0.39 is 40.4 Å². The Morgan fingerprint density at radius 3 is 1.57 bits per heavy atom. The van der Waals surface area contributed by atoms with E-state index in [0.717, 1.165) is 12.1 Å². The first-order valence-corrected chi connectivity index (χ1v) is 9.78. The summed E-state index contributed by atoms with van der Waals surface area (Å²) in [6, 6.07) is 10.4. The second-order valence-corrected chi connectivity index (χ2v) is 7.09. The van der Waals surface area contributed by atoms with Crippen LogP contribution < -0.4 is 49.9 Å². The molecule has 4 aromatic rings. The SMILES string of the molecule is O=C(O)c1cc(=O)c2c(OCC(O)COc3cccc4oc(C(=O)O)cc(=O)c34)cccc2o1.[H-].[Na+]. The third kappa shape index (κ3) is 5.54. The summed E-state index contributed by atoms with van der Waals surface area (Å²) in [5.41, 5.74) is -1.22. The van der Waals surface area contributed by atoms with Gasteiger partial charge in [-0.3, -0.25) is 9.59 Å². The molecule has 0 spiro atoms. The number of benzene rings is 2. The first-order chi connectivity index (χ1) is 16.2. The molecule has 0 radical (unpaired) electrons. The summed E-state index contributed by atoms with van der Waals surface area (Å²) in [6.07, 6.45) is -1.19. The van der Waals surface area contributed by atoms with Crippen LogP contribution in [0.3, 0.4) is 0 Å². The molecule has 0 saturated heterocycles. The number of carboxylic acid groups (broad SMARTS) is 2. The van der Waals surface area contributed by atoms with Crippen LogP contribution >= 0.6 is 0 Å². The first kappa shape index (κ1) is 26.0. The molecule has 0 aliphatic rings. The van der Waals surface area contributed by atoms with Gasteiger partial charge in [0.1, 0.15) is 52.8 Å². The molecule has 0 bridgehead atoms. The van der Waals surface area contributed by atoms with Crippen LogP contribution in [-0.2, 0) is 0 Å². The van der Waals surface area contributed by atoms with E-state index in [2.05, 4.69) is 0 Å². The zero-order valence-corrected chi connectivity index (χ0v) is 20.2. The summed E-state index contributed by atoms with van der Waals surface area (Å²) in [4.78, 5) is 46.8. The minimum Gasteiger partial charge on any atom is -1.00 e. The van der Waals surface area contributed by atoms with E-state index in [-0.39, 0.29) is 77.6 Å². The van der Waals surface area contributed by atoms with Gasteiger partial charge in [0.15, 0.2) is 10.9 Å². The van der Waals surface area contributed by atoms with Gasteiger partial charge < -0.3 is 35.1 Å². The van der Waals surface area contributed by atoms with E-state index in [1.807, 2.05) is 0 Å². The summed E-state index contributed by atoms with van der Waals surface area (Å²) in [5.74, 6) is -3.65. The zero-order chi connectivity index (χ0) is 24.4. The summed E-state index contributed by atoms with van der Waals surface area (Å²) >= 11 is 0. The third-order valence-corrected chi connectivity index (χ3v) is 4.72. The number of carbonyl (C=O) groups is 2. The maximum Gasteiger partial charge on any atom is 1.00 e. The van der Waals surface area contributed by atoms with Gasteiger partial charge in [0, 0.05) is 12.1 Å². The number of aromatic carboxylic acids is 2. The van der Waals surface area contributed by atoms with Crippen molar-refractivity contribution in [1.82, 2.24) is 0 Å². The summed E-state index contributed by atoms with van der Waals surface area (Å²) < 4.78 is 21.4. The Bertz CT molecular complexity index is 1430. The maximum atomic E-state index is 12.3. The van der Waals surface area contributed by atoms with Gasteiger partial charge in [0.25, 0.3) is 0 Å². The minimum absolute atomic E-state index is 0. The molecule has 11 nitrogen and oxygen atoms in total. The Morgan fingerprint density at radius 2 is 1.20 bits per heavy atom. The fourth-order valence-corrected chi connectivity index (χ4v) is 3.23. The van der Waals surface area contributed by atoms with Crippen LogP contribution in [0.25, 0.3) is 21.9 Å². The molecule has 2 aromatic carbocycles. The second kappa shape index (κ2) is 10.7. The zero-order valence-electron chi connectivity index (χ0n) is 19.2. The normalized spacial score (nSPS) is 10.8. The largest absolute Gasteiger partial charge is 1.00 e. The van der Waals surface area contributed by atoms with E-state index in [1.165, 1.54) is 36.4 Å². The molecule has 12 heteroatoms. The molecule has 35 heavy (non-hydrogen) atoms. The first-order valence-electron chi connectivity index (χ1n) is 9.78. The topological polar surface area (TPSA) is 174 Å². The van der Waals surface area contributed by atoms with Crippen molar-refractivity contribution in [2.75, 3.05) is 13.2 Å². The molecule has 0 fully saturated rings. The van der Waals surface area contributed by atoms with E-state index in [4.69, 9.17) is 28.5 Å². The van der Waals surface area contributed by atoms with E-state index in [9.17, 15) is 24.3 Å². The summed E-state index contributed by atoms with van der Waals surface area (Å²) in [5, 5.41) is 28.4. The average Bonchev–Trinajstić information content (AvgIpc) is 2.80. The van der Waals surface area contributed by atoms with E-state index >= 15 is 0 Å². The molecular weight excluding hydrogens is 475 g/mol. The number of aliphatic hydroxyl groups excluding tert-OH is 1.